The number of nitrogens with zero attached hydrogens (tertiary/aromatic N) is 1. The molecule has 3 rings (SSSR count). The fourth-order valence-corrected chi connectivity index (χ4v) is 4.47. The third kappa shape index (κ3) is 5.24. The molecule has 2 heterocycles. The van der Waals surface area contributed by atoms with Crippen LogP contribution in [-0.2, 0) is 4.74 Å². The Morgan fingerprint density at radius 3 is 2.41 bits per heavy atom. The van der Waals surface area contributed by atoms with Gasteiger partial charge in [-0.2, -0.15) is 0 Å². The van der Waals surface area contributed by atoms with E-state index in [2.05, 4.69) is 62.1 Å². The van der Waals surface area contributed by atoms with Crippen molar-refractivity contribution in [3.63, 3.8) is 0 Å². The summed E-state index contributed by atoms with van der Waals surface area (Å²) < 4.78 is 25.0. The van der Waals surface area contributed by atoms with Crippen molar-refractivity contribution in [2.75, 3.05) is 32.9 Å². The molecule has 0 spiro atoms. The average Bonchev–Trinajstić information content (AvgIpc) is 2.79. The Kier molecular flexibility index (Phi) is 8.52. The zero-order valence-electron chi connectivity index (χ0n) is 20.0. The van der Waals surface area contributed by atoms with E-state index in [-0.39, 0.29) is 18.7 Å². The predicted octanol–water partition coefficient (Wildman–Crippen LogP) is 6.73. The number of rotatable bonds is 8. The Bertz CT molecular complexity index is 931. The molecule has 2 aliphatic heterocycles. The Balaban J connectivity index is 1.79. The van der Waals surface area contributed by atoms with E-state index in [1.807, 2.05) is 32.1 Å². The van der Waals surface area contributed by atoms with Crippen LogP contribution in [0.25, 0.3) is 0 Å². The van der Waals surface area contributed by atoms with Crippen LogP contribution in [0.1, 0.15) is 46.3 Å². The van der Waals surface area contributed by atoms with Crippen LogP contribution < -0.4 is 4.74 Å². The van der Waals surface area contributed by atoms with Gasteiger partial charge in [-0.1, -0.05) is 36.4 Å². The first-order chi connectivity index (χ1) is 15.6. The molecule has 0 aromatic heterocycles. The van der Waals surface area contributed by atoms with Gasteiger partial charge in [-0.05, 0) is 69.5 Å². The molecule has 32 heavy (non-hydrogen) atoms. The number of benzene rings is 1. The molecule has 1 saturated heterocycles. The maximum absolute atomic E-state index is 12.6. The summed E-state index contributed by atoms with van der Waals surface area (Å²) in [7, 11) is 0. The quantitative estimate of drug-likeness (QED) is 0.421. The number of hydrogen-bond donors (Lipinski definition) is 0. The summed E-state index contributed by atoms with van der Waals surface area (Å²) in [5.41, 5.74) is 5.84. The lowest BCUT2D eigenvalue weighted by Gasteiger charge is -2.37. The minimum atomic E-state index is -0.217. The average molecular weight is 438 g/mol. The minimum absolute atomic E-state index is 0.180. The van der Waals surface area contributed by atoms with E-state index in [1.54, 1.807) is 0 Å². The number of alkyl halides is 1. The lowest BCUT2D eigenvalue weighted by molar-refractivity contribution is 0.0668. The number of allylic oxidation sites excluding steroid dienone is 6. The fraction of sp³-hybridized carbons (Fsp3) is 0.429. The normalized spacial score (nSPS) is 23.2. The van der Waals surface area contributed by atoms with Gasteiger partial charge in [0.25, 0.3) is 0 Å². The summed E-state index contributed by atoms with van der Waals surface area (Å²) in [6.45, 7) is 13.3. The van der Waals surface area contributed by atoms with Crippen molar-refractivity contribution in [1.82, 2.24) is 4.90 Å². The number of ether oxygens (including phenoxy) is 2. The molecule has 1 fully saturated rings. The zero-order chi connectivity index (χ0) is 23.1. The van der Waals surface area contributed by atoms with Gasteiger partial charge in [0.15, 0.2) is 0 Å². The minimum Gasteiger partial charge on any atom is -0.492 e. The smallest absolute Gasteiger partial charge is 0.150 e. The lowest BCUT2D eigenvalue weighted by Crippen LogP contribution is -2.49. The number of likely N-dealkylation sites (tertiary alicyclic amines) is 1. The second-order valence-electron chi connectivity index (χ2n) is 8.33. The summed E-state index contributed by atoms with van der Waals surface area (Å²) in [6.07, 6.45) is 10.3. The van der Waals surface area contributed by atoms with E-state index in [0.717, 1.165) is 42.3 Å². The molecule has 0 radical (unpaired) electrons. The van der Waals surface area contributed by atoms with E-state index in [1.165, 1.54) is 16.7 Å². The molecule has 1 aromatic carbocycles. The number of hydrogen-bond acceptors (Lipinski definition) is 3. The number of halogens is 1. The molecule has 4 heteroatoms. The van der Waals surface area contributed by atoms with Crippen LogP contribution in [0.2, 0.25) is 0 Å². The van der Waals surface area contributed by atoms with E-state index < -0.39 is 0 Å². The van der Waals surface area contributed by atoms with E-state index in [4.69, 9.17) is 9.47 Å². The molecule has 0 aliphatic carbocycles. The molecule has 0 N–H and O–H groups in total. The molecular formula is C28H36FNO2. The van der Waals surface area contributed by atoms with Gasteiger partial charge in [0.1, 0.15) is 24.2 Å². The fourth-order valence-electron chi connectivity index (χ4n) is 4.47. The lowest BCUT2D eigenvalue weighted by atomic mass is 9.84. The van der Waals surface area contributed by atoms with Crippen molar-refractivity contribution in [2.24, 2.45) is 5.92 Å². The van der Waals surface area contributed by atoms with E-state index >= 15 is 0 Å². The second-order valence-corrected chi connectivity index (χ2v) is 8.33. The first kappa shape index (κ1) is 24.1. The van der Waals surface area contributed by atoms with Gasteiger partial charge in [0, 0.05) is 36.7 Å². The van der Waals surface area contributed by atoms with E-state index in [9.17, 15) is 4.39 Å². The van der Waals surface area contributed by atoms with Gasteiger partial charge in [0.2, 0.25) is 0 Å². The van der Waals surface area contributed by atoms with Crippen molar-refractivity contribution in [1.29, 1.82) is 0 Å². The van der Waals surface area contributed by atoms with Crippen molar-refractivity contribution in [2.45, 2.75) is 40.7 Å². The van der Waals surface area contributed by atoms with Gasteiger partial charge in [-0.3, -0.25) is 9.29 Å². The van der Waals surface area contributed by atoms with Crippen molar-refractivity contribution >= 4 is 0 Å². The summed E-state index contributed by atoms with van der Waals surface area (Å²) in [6, 6.07) is 8.20. The van der Waals surface area contributed by atoms with Gasteiger partial charge in [-0.15, -0.1) is 0 Å². The molecule has 2 aliphatic rings. The van der Waals surface area contributed by atoms with Crippen molar-refractivity contribution < 1.29 is 13.9 Å². The summed E-state index contributed by atoms with van der Waals surface area (Å²) in [5.74, 6) is 1.97. The molecule has 0 unspecified atom stereocenters. The summed E-state index contributed by atoms with van der Waals surface area (Å²) >= 11 is 0. The molecule has 3 nitrogen and oxygen atoms in total. The molecule has 0 bridgehead atoms. The molecule has 0 saturated carbocycles. The Morgan fingerprint density at radius 2 is 1.84 bits per heavy atom. The third-order valence-corrected chi connectivity index (χ3v) is 6.21. The maximum Gasteiger partial charge on any atom is 0.150 e. The SMILES string of the molecule is C/C=C\C(=C/C)C1=C(C)C(=C/C)/C(=C\C)O[C@H]1c1ccc(OCCN2CC(CF)C2)cc1. The first-order valence-corrected chi connectivity index (χ1v) is 11.6. The molecule has 1 atom stereocenters. The van der Waals surface area contributed by atoms with Crippen LogP contribution in [0.4, 0.5) is 4.39 Å². The molecule has 172 valence electrons. The van der Waals surface area contributed by atoms with Gasteiger partial charge in [-0.25, -0.2) is 0 Å². The van der Waals surface area contributed by atoms with Gasteiger partial charge < -0.3 is 9.47 Å². The van der Waals surface area contributed by atoms with Crippen LogP contribution in [0.5, 0.6) is 5.75 Å². The van der Waals surface area contributed by atoms with Crippen LogP contribution in [-0.4, -0.2) is 37.8 Å². The third-order valence-electron chi connectivity index (χ3n) is 6.21. The highest BCUT2D eigenvalue weighted by Crippen LogP contribution is 2.44. The van der Waals surface area contributed by atoms with Crippen LogP contribution in [0, 0.1) is 5.92 Å². The van der Waals surface area contributed by atoms with Crippen LogP contribution >= 0.6 is 0 Å². The summed E-state index contributed by atoms with van der Waals surface area (Å²) in [4.78, 5) is 2.23. The second kappa shape index (κ2) is 11.3. The Morgan fingerprint density at radius 1 is 1.12 bits per heavy atom. The predicted molar refractivity (Wildman–Crippen MR) is 130 cm³/mol. The highest BCUT2D eigenvalue weighted by Gasteiger charge is 2.30. The van der Waals surface area contributed by atoms with Gasteiger partial charge >= 0.3 is 0 Å². The van der Waals surface area contributed by atoms with Crippen molar-refractivity contribution in [3.8, 4) is 5.75 Å². The summed E-state index contributed by atoms with van der Waals surface area (Å²) in [5, 5.41) is 0. The van der Waals surface area contributed by atoms with Gasteiger partial charge in [0.05, 0.1) is 6.67 Å². The highest BCUT2D eigenvalue weighted by molar-refractivity contribution is 5.58. The maximum atomic E-state index is 12.6. The highest BCUT2D eigenvalue weighted by atomic mass is 19.1. The standard InChI is InChI=1S/C28H36FNO2/c1-6-10-22(7-2)27-20(5)25(8-3)26(9-4)32-28(27)23-11-13-24(14-12-23)31-16-15-30-18-21(17-29)19-30/h6-14,21,28H,15-19H2,1-5H3/b10-6-,22-7+,25-8-,26-9+/t28-/m0/s1. The molecule has 1 aromatic rings. The zero-order valence-corrected chi connectivity index (χ0v) is 20.0. The van der Waals surface area contributed by atoms with Crippen molar-refractivity contribution in [3.05, 3.63) is 88.3 Å². The molecule has 0 amide bonds. The topological polar surface area (TPSA) is 21.7 Å². The Labute approximate surface area is 192 Å². The van der Waals surface area contributed by atoms with E-state index in [0.29, 0.717) is 6.61 Å². The van der Waals surface area contributed by atoms with Crippen LogP contribution in [0.3, 0.4) is 0 Å². The largest absolute Gasteiger partial charge is 0.492 e. The first-order valence-electron chi connectivity index (χ1n) is 11.6. The Hall–Kier alpha value is -2.59. The monoisotopic (exact) mass is 437 g/mol. The van der Waals surface area contributed by atoms with Crippen LogP contribution in [0.15, 0.2) is 82.7 Å². The molecular weight excluding hydrogens is 401 g/mol.